The van der Waals surface area contributed by atoms with Crippen LogP contribution in [0.15, 0.2) is 0 Å². The molecule has 4 unspecified atom stereocenters. The molecule has 2 aliphatic carbocycles. The van der Waals surface area contributed by atoms with Crippen molar-refractivity contribution in [2.24, 2.45) is 23.7 Å². The van der Waals surface area contributed by atoms with Crippen molar-refractivity contribution < 1.29 is 0 Å². The van der Waals surface area contributed by atoms with E-state index in [1.807, 2.05) is 0 Å². The fraction of sp³-hybridized carbons (Fsp3) is 1.00. The molecule has 4 atom stereocenters. The minimum absolute atomic E-state index is 1.08. The van der Waals surface area contributed by atoms with E-state index >= 15 is 0 Å². The zero-order valence-electron chi connectivity index (χ0n) is 8.55. The van der Waals surface area contributed by atoms with Gasteiger partial charge in [-0.3, -0.25) is 0 Å². The topological polar surface area (TPSA) is 0 Å². The first-order chi connectivity index (χ1) is 5.86. The summed E-state index contributed by atoms with van der Waals surface area (Å²) >= 11 is 0. The maximum absolute atomic E-state index is 2.40. The molecule has 0 heteroatoms. The third kappa shape index (κ3) is 1.20. The molecule has 0 nitrogen and oxygen atoms in total. The molecule has 0 aromatic carbocycles. The Hall–Kier alpha value is 0. The van der Waals surface area contributed by atoms with Crippen molar-refractivity contribution in [2.45, 2.75) is 52.4 Å². The van der Waals surface area contributed by atoms with Gasteiger partial charge in [0.05, 0.1) is 0 Å². The lowest BCUT2D eigenvalue weighted by Crippen LogP contribution is -2.40. The summed E-state index contributed by atoms with van der Waals surface area (Å²) in [5, 5.41) is 0. The Bertz CT molecular complexity index is 146. The van der Waals surface area contributed by atoms with Crippen LogP contribution in [0.2, 0.25) is 0 Å². The van der Waals surface area contributed by atoms with Crippen LogP contribution in [0.25, 0.3) is 0 Å². The van der Waals surface area contributed by atoms with Crippen molar-refractivity contribution in [3.63, 3.8) is 0 Å². The smallest absolute Gasteiger partial charge is 0.0355 e. The number of fused-ring (bicyclic) bond motifs is 1. The van der Waals surface area contributed by atoms with Crippen LogP contribution in [0, 0.1) is 23.7 Å². The van der Waals surface area contributed by atoms with E-state index < -0.39 is 0 Å². The van der Waals surface area contributed by atoms with Crippen molar-refractivity contribution in [3.8, 4) is 0 Å². The standard InChI is InChI=1S/C12H22/c1-3-9-5-6-10-7-8-12(10)11(9)4-2/h9-12H,3-8H2,1-2H3. The van der Waals surface area contributed by atoms with E-state index in [9.17, 15) is 0 Å². The predicted molar refractivity (Wildman–Crippen MR) is 53.0 cm³/mol. The van der Waals surface area contributed by atoms with Gasteiger partial charge in [0, 0.05) is 0 Å². The van der Waals surface area contributed by atoms with Gasteiger partial charge in [-0.05, 0) is 49.4 Å². The first-order valence-electron chi connectivity index (χ1n) is 5.86. The second kappa shape index (κ2) is 3.40. The Labute approximate surface area is 76.7 Å². The normalized spacial score (nSPS) is 46.5. The van der Waals surface area contributed by atoms with Crippen LogP contribution in [-0.2, 0) is 0 Å². The van der Waals surface area contributed by atoms with Gasteiger partial charge in [0.1, 0.15) is 0 Å². The first-order valence-corrected chi connectivity index (χ1v) is 5.86. The summed E-state index contributed by atoms with van der Waals surface area (Å²) in [7, 11) is 0. The zero-order valence-corrected chi connectivity index (χ0v) is 8.55. The summed E-state index contributed by atoms with van der Waals surface area (Å²) in [5.41, 5.74) is 0. The molecule has 0 saturated heterocycles. The molecule has 2 rings (SSSR count). The molecule has 0 aliphatic heterocycles. The third-order valence-electron chi connectivity index (χ3n) is 4.54. The summed E-state index contributed by atoms with van der Waals surface area (Å²) in [6, 6.07) is 0. The number of rotatable bonds is 2. The van der Waals surface area contributed by atoms with Crippen molar-refractivity contribution in [2.75, 3.05) is 0 Å². The molecule has 0 amide bonds. The molecule has 0 radical (unpaired) electrons. The van der Waals surface area contributed by atoms with Crippen molar-refractivity contribution in [3.05, 3.63) is 0 Å². The van der Waals surface area contributed by atoms with E-state index in [1.165, 1.54) is 19.3 Å². The summed E-state index contributed by atoms with van der Waals surface area (Å²) in [6.45, 7) is 4.78. The second-order valence-corrected chi connectivity index (χ2v) is 4.82. The summed E-state index contributed by atoms with van der Waals surface area (Å²) in [4.78, 5) is 0. The van der Waals surface area contributed by atoms with E-state index in [1.54, 1.807) is 19.3 Å². The Morgan fingerprint density at radius 1 is 0.917 bits per heavy atom. The highest BCUT2D eigenvalue weighted by molar-refractivity contribution is 4.92. The van der Waals surface area contributed by atoms with E-state index in [4.69, 9.17) is 0 Å². The average Bonchev–Trinajstić information content (AvgIpc) is 2.06. The predicted octanol–water partition coefficient (Wildman–Crippen LogP) is 3.86. The largest absolute Gasteiger partial charge is 0.0651 e. The lowest BCUT2D eigenvalue weighted by molar-refractivity contribution is 0.00709. The van der Waals surface area contributed by atoms with Gasteiger partial charge in [0.25, 0.3) is 0 Å². The minimum atomic E-state index is 1.08. The Balaban J connectivity index is 2.00. The first kappa shape index (κ1) is 8.59. The van der Waals surface area contributed by atoms with E-state index in [0.29, 0.717) is 0 Å². The van der Waals surface area contributed by atoms with Crippen LogP contribution < -0.4 is 0 Å². The van der Waals surface area contributed by atoms with Crippen LogP contribution in [0.3, 0.4) is 0 Å². The van der Waals surface area contributed by atoms with Gasteiger partial charge >= 0.3 is 0 Å². The van der Waals surface area contributed by atoms with Gasteiger partial charge in [0.15, 0.2) is 0 Å². The summed E-state index contributed by atoms with van der Waals surface area (Å²) < 4.78 is 0. The maximum atomic E-state index is 2.40. The van der Waals surface area contributed by atoms with Gasteiger partial charge in [-0.15, -0.1) is 0 Å². The molecule has 2 fully saturated rings. The minimum Gasteiger partial charge on any atom is -0.0651 e. The molecule has 0 heterocycles. The monoisotopic (exact) mass is 166 g/mol. The fourth-order valence-electron chi connectivity index (χ4n) is 3.65. The summed E-state index contributed by atoms with van der Waals surface area (Å²) in [5.74, 6) is 4.48. The van der Waals surface area contributed by atoms with Gasteiger partial charge in [0.2, 0.25) is 0 Å². The highest BCUT2D eigenvalue weighted by atomic mass is 14.5. The second-order valence-electron chi connectivity index (χ2n) is 4.82. The number of hydrogen-bond acceptors (Lipinski definition) is 0. The van der Waals surface area contributed by atoms with E-state index in [-0.39, 0.29) is 0 Å². The van der Waals surface area contributed by atoms with E-state index in [0.717, 1.165) is 23.7 Å². The van der Waals surface area contributed by atoms with Crippen LogP contribution in [0.4, 0.5) is 0 Å². The molecular formula is C12H22. The lowest BCUT2D eigenvalue weighted by Gasteiger charge is -2.49. The van der Waals surface area contributed by atoms with Crippen LogP contribution in [0.5, 0.6) is 0 Å². The molecule has 0 aromatic heterocycles. The Kier molecular flexibility index (Phi) is 2.43. The molecule has 0 N–H and O–H groups in total. The fourth-order valence-corrected chi connectivity index (χ4v) is 3.65. The molecule has 0 spiro atoms. The van der Waals surface area contributed by atoms with Crippen LogP contribution in [-0.4, -0.2) is 0 Å². The third-order valence-corrected chi connectivity index (χ3v) is 4.54. The molecule has 2 aliphatic rings. The van der Waals surface area contributed by atoms with Gasteiger partial charge in [-0.1, -0.05) is 26.7 Å². The van der Waals surface area contributed by atoms with Crippen molar-refractivity contribution in [1.29, 1.82) is 0 Å². The number of hydrogen-bond donors (Lipinski definition) is 0. The van der Waals surface area contributed by atoms with Crippen molar-refractivity contribution >= 4 is 0 Å². The lowest BCUT2D eigenvalue weighted by atomic mass is 9.56. The maximum Gasteiger partial charge on any atom is -0.0355 e. The zero-order chi connectivity index (χ0) is 8.55. The molecular weight excluding hydrogens is 144 g/mol. The Morgan fingerprint density at radius 2 is 1.67 bits per heavy atom. The average molecular weight is 166 g/mol. The molecule has 12 heavy (non-hydrogen) atoms. The quantitative estimate of drug-likeness (QED) is 0.584. The van der Waals surface area contributed by atoms with Gasteiger partial charge < -0.3 is 0 Å². The molecule has 2 saturated carbocycles. The van der Waals surface area contributed by atoms with E-state index in [2.05, 4.69) is 13.8 Å². The SMILES string of the molecule is CCC1CCC2CCC2C1CC. The summed E-state index contributed by atoms with van der Waals surface area (Å²) in [6.07, 6.45) is 9.08. The highest BCUT2D eigenvalue weighted by Gasteiger charge is 2.42. The molecule has 70 valence electrons. The van der Waals surface area contributed by atoms with Crippen LogP contribution >= 0.6 is 0 Å². The Morgan fingerprint density at radius 3 is 2.17 bits per heavy atom. The van der Waals surface area contributed by atoms with Crippen LogP contribution in [0.1, 0.15) is 52.4 Å². The van der Waals surface area contributed by atoms with Crippen molar-refractivity contribution in [1.82, 2.24) is 0 Å². The van der Waals surface area contributed by atoms with Gasteiger partial charge in [-0.2, -0.15) is 0 Å². The molecule has 0 aromatic rings. The molecule has 0 bridgehead atoms. The highest BCUT2D eigenvalue weighted by Crippen LogP contribution is 2.52. The van der Waals surface area contributed by atoms with Gasteiger partial charge in [-0.25, -0.2) is 0 Å².